The summed E-state index contributed by atoms with van der Waals surface area (Å²) in [5, 5.41) is 7.13. The number of likely N-dealkylation sites (tertiary alicyclic amines) is 1. The first-order valence-electron chi connectivity index (χ1n) is 12.3. The molecule has 0 bridgehead atoms. The molecule has 2 heterocycles. The number of hydrogen-bond donors (Lipinski definition) is 2. The van der Waals surface area contributed by atoms with E-state index in [1.807, 2.05) is 0 Å². The van der Waals surface area contributed by atoms with Crippen molar-refractivity contribution in [1.29, 1.82) is 0 Å². The van der Waals surface area contributed by atoms with Gasteiger partial charge in [0.1, 0.15) is 0 Å². The summed E-state index contributed by atoms with van der Waals surface area (Å²) in [5.74, 6) is 1.63. The average molecular weight is 537 g/mol. The number of nitrogens with zero attached hydrogens (tertiary/aromatic N) is 4. The SMILES string of the molecule is CCNC(=NCC(C)N1CCN(CC)CC1)NCC(C(C)C)N1CCCCCC1.I. The first-order chi connectivity index (χ1) is 14.0. The summed E-state index contributed by atoms with van der Waals surface area (Å²) in [4.78, 5) is 12.8. The fourth-order valence-electron chi connectivity index (χ4n) is 4.62. The Morgan fingerprint density at radius 1 is 0.833 bits per heavy atom. The van der Waals surface area contributed by atoms with Crippen LogP contribution in [-0.4, -0.2) is 98.2 Å². The molecule has 2 fully saturated rings. The largest absolute Gasteiger partial charge is 0.357 e. The lowest BCUT2D eigenvalue weighted by atomic mass is 10.0. The lowest BCUT2D eigenvalue weighted by molar-refractivity contribution is 0.109. The van der Waals surface area contributed by atoms with E-state index in [9.17, 15) is 0 Å². The predicted octanol–water partition coefficient (Wildman–Crippen LogP) is 3.09. The van der Waals surface area contributed by atoms with Crippen LogP contribution in [-0.2, 0) is 0 Å². The van der Waals surface area contributed by atoms with Gasteiger partial charge in [0.25, 0.3) is 0 Å². The zero-order chi connectivity index (χ0) is 21.1. The van der Waals surface area contributed by atoms with Crippen molar-refractivity contribution in [3.8, 4) is 0 Å². The lowest BCUT2D eigenvalue weighted by Crippen LogP contribution is -2.51. The Morgan fingerprint density at radius 2 is 1.47 bits per heavy atom. The first-order valence-corrected chi connectivity index (χ1v) is 12.3. The molecule has 2 rings (SSSR count). The van der Waals surface area contributed by atoms with Gasteiger partial charge in [0.2, 0.25) is 0 Å². The van der Waals surface area contributed by atoms with E-state index >= 15 is 0 Å². The molecule has 2 aliphatic heterocycles. The number of hydrogen-bond acceptors (Lipinski definition) is 4. The van der Waals surface area contributed by atoms with Gasteiger partial charge >= 0.3 is 0 Å². The smallest absolute Gasteiger partial charge is 0.191 e. The van der Waals surface area contributed by atoms with E-state index in [1.165, 1.54) is 71.5 Å². The van der Waals surface area contributed by atoms with Gasteiger partial charge in [-0.15, -0.1) is 24.0 Å². The van der Waals surface area contributed by atoms with E-state index < -0.39 is 0 Å². The van der Waals surface area contributed by atoms with Crippen LogP contribution in [0.5, 0.6) is 0 Å². The third-order valence-corrected chi connectivity index (χ3v) is 6.69. The second kappa shape index (κ2) is 15.6. The molecule has 0 amide bonds. The Kier molecular flexibility index (Phi) is 14.6. The molecule has 2 unspecified atom stereocenters. The van der Waals surface area contributed by atoms with Gasteiger partial charge in [-0.3, -0.25) is 14.8 Å². The number of halogens is 1. The second-order valence-corrected chi connectivity index (χ2v) is 9.18. The normalized spacial score (nSPS) is 22.3. The molecule has 178 valence electrons. The van der Waals surface area contributed by atoms with Crippen molar-refractivity contribution in [2.45, 2.75) is 72.4 Å². The minimum absolute atomic E-state index is 0. The van der Waals surface area contributed by atoms with E-state index in [4.69, 9.17) is 4.99 Å². The molecular formula is C23H49IN6. The molecule has 0 aromatic heterocycles. The van der Waals surface area contributed by atoms with Crippen LogP contribution in [0.4, 0.5) is 0 Å². The van der Waals surface area contributed by atoms with Crippen LogP contribution < -0.4 is 10.6 Å². The van der Waals surface area contributed by atoms with E-state index in [0.29, 0.717) is 18.0 Å². The highest BCUT2D eigenvalue weighted by molar-refractivity contribution is 14.0. The quantitative estimate of drug-likeness (QED) is 0.270. The van der Waals surface area contributed by atoms with Crippen LogP contribution in [0.25, 0.3) is 0 Å². The van der Waals surface area contributed by atoms with Gasteiger partial charge in [0.05, 0.1) is 6.54 Å². The van der Waals surface area contributed by atoms with Gasteiger partial charge in [-0.1, -0.05) is 33.6 Å². The summed E-state index contributed by atoms with van der Waals surface area (Å²) in [7, 11) is 0. The molecule has 0 saturated carbocycles. The Balaban J connectivity index is 0.00000450. The fraction of sp³-hybridized carbons (Fsp3) is 0.957. The van der Waals surface area contributed by atoms with Gasteiger partial charge in [-0.05, 0) is 52.2 Å². The van der Waals surface area contributed by atoms with E-state index in [0.717, 1.165) is 25.6 Å². The molecule has 0 aliphatic carbocycles. The van der Waals surface area contributed by atoms with Gasteiger partial charge < -0.3 is 15.5 Å². The van der Waals surface area contributed by atoms with Crippen LogP contribution in [0.3, 0.4) is 0 Å². The number of guanidine groups is 1. The Hall–Kier alpha value is -0.120. The van der Waals surface area contributed by atoms with Crippen LogP contribution in [0.15, 0.2) is 4.99 Å². The summed E-state index contributed by atoms with van der Waals surface area (Å²) in [6, 6.07) is 1.08. The lowest BCUT2D eigenvalue weighted by Gasteiger charge is -2.37. The maximum absolute atomic E-state index is 4.94. The minimum Gasteiger partial charge on any atom is -0.357 e. The second-order valence-electron chi connectivity index (χ2n) is 9.18. The topological polar surface area (TPSA) is 46.1 Å². The van der Waals surface area contributed by atoms with Crippen molar-refractivity contribution >= 4 is 29.9 Å². The number of nitrogens with one attached hydrogen (secondary N) is 2. The molecule has 2 saturated heterocycles. The molecule has 0 aromatic carbocycles. The molecule has 2 N–H and O–H groups in total. The minimum atomic E-state index is 0. The third kappa shape index (κ3) is 9.57. The summed E-state index contributed by atoms with van der Waals surface area (Å²) < 4.78 is 0. The van der Waals surface area contributed by atoms with Crippen molar-refractivity contribution in [2.75, 3.05) is 65.4 Å². The van der Waals surface area contributed by atoms with Crippen molar-refractivity contribution in [3.63, 3.8) is 0 Å². The summed E-state index contributed by atoms with van der Waals surface area (Å²) in [6.07, 6.45) is 5.48. The van der Waals surface area contributed by atoms with Crippen molar-refractivity contribution < 1.29 is 0 Å². The van der Waals surface area contributed by atoms with Crippen LogP contribution in [0.1, 0.15) is 60.3 Å². The van der Waals surface area contributed by atoms with E-state index in [1.54, 1.807) is 0 Å². The molecule has 0 aromatic rings. The van der Waals surface area contributed by atoms with Gasteiger partial charge in [-0.2, -0.15) is 0 Å². The maximum atomic E-state index is 4.94. The molecule has 2 atom stereocenters. The third-order valence-electron chi connectivity index (χ3n) is 6.69. The monoisotopic (exact) mass is 536 g/mol. The highest BCUT2D eigenvalue weighted by atomic mass is 127. The van der Waals surface area contributed by atoms with E-state index in [2.05, 4.69) is 60.0 Å². The molecule has 6 nitrogen and oxygen atoms in total. The van der Waals surface area contributed by atoms with Crippen molar-refractivity contribution in [3.05, 3.63) is 0 Å². The maximum Gasteiger partial charge on any atom is 0.191 e. The molecule has 7 heteroatoms. The van der Waals surface area contributed by atoms with Crippen LogP contribution in [0.2, 0.25) is 0 Å². The fourth-order valence-corrected chi connectivity index (χ4v) is 4.62. The van der Waals surface area contributed by atoms with Gasteiger partial charge in [0, 0.05) is 51.4 Å². The van der Waals surface area contributed by atoms with Gasteiger partial charge in [0.15, 0.2) is 5.96 Å². The van der Waals surface area contributed by atoms with Crippen LogP contribution in [0, 0.1) is 5.92 Å². The number of piperazine rings is 1. The molecular weight excluding hydrogens is 487 g/mol. The number of rotatable bonds is 9. The zero-order valence-corrected chi connectivity index (χ0v) is 22.7. The Morgan fingerprint density at radius 3 is 2.00 bits per heavy atom. The standard InChI is InChI=1S/C23H48N6.HI/c1-6-24-23(25-18-21(5)28-16-14-27(7-2)15-17-28)26-19-22(20(3)4)29-12-10-8-9-11-13-29;/h20-22H,6-19H2,1-5H3,(H2,24,25,26);1H. The summed E-state index contributed by atoms with van der Waals surface area (Å²) >= 11 is 0. The Labute approximate surface area is 203 Å². The summed E-state index contributed by atoms with van der Waals surface area (Å²) in [5.41, 5.74) is 0. The average Bonchev–Trinajstić information content (AvgIpc) is 3.01. The highest BCUT2D eigenvalue weighted by Crippen LogP contribution is 2.17. The zero-order valence-electron chi connectivity index (χ0n) is 20.3. The molecule has 30 heavy (non-hydrogen) atoms. The molecule has 2 aliphatic rings. The van der Waals surface area contributed by atoms with Crippen molar-refractivity contribution in [2.24, 2.45) is 10.9 Å². The Bertz CT molecular complexity index is 457. The number of aliphatic imine (C=N–C) groups is 1. The van der Waals surface area contributed by atoms with Crippen LogP contribution >= 0.6 is 24.0 Å². The van der Waals surface area contributed by atoms with Gasteiger partial charge in [-0.25, -0.2) is 0 Å². The highest BCUT2D eigenvalue weighted by Gasteiger charge is 2.23. The molecule has 0 spiro atoms. The van der Waals surface area contributed by atoms with Crippen molar-refractivity contribution in [1.82, 2.24) is 25.3 Å². The first kappa shape index (κ1) is 27.9. The predicted molar refractivity (Wildman–Crippen MR) is 141 cm³/mol. The molecule has 0 radical (unpaired) electrons. The number of likely N-dealkylation sites (N-methyl/N-ethyl adjacent to an activating group) is 1. The van der Waals surface area contributed by atoms with E-state index in [-0.39, 0.29) is 24.0 Å². The summed E-state index contributed by atoms with van der Waals surface area (Å²) in [6.45, 7) is 22.6.